The molecule has 10 nitrogen and oxygen atoms in total. The highest BCUT2D eigenvalue weighted by atomic mass is 35.5. The Bertz CT molecular complexity index is 1200. The average molecular weight is 531 g/mol. The van der Waals surface area contributed by atoms with Crippen molar-refractivity contribution in [1.29, 1.82) is 0 Å². The molecule has 0 radical (unpaired) electrons. The van der Waals surface area contributed by atoms with Gasteiger partial charge in [0.15, 0.2) is 11.6 Å². The minimum absolute atomic E-state index is 0.0270. The molecule has 37 heavy (non-hydrogen) atoms. The van der Waals surface area contributed by atoms with Gasteiger partial charge in [0.25, 0.3) is 11.8 Å². The largest absolute Gasteiger partial charge is 0.393 e. The summed E-state index contributed by atoms with van der Waals surface area (Å²) in [6.07, 6.45) is 2.40. The number of amides is 3. The number of nitrogens with zero attached hydrogens (tertiary/aromatic N) is 2. The molecule has 2 atom stereocenters. The van der Waals surface area contributed by atoms with Gasteiger partial charge in [0, 0.05) is 31.9 Å². The van der Waals surface area contributed by atoms with Crippen LogP contribution in [0.5, 0.6) is 0 Å². The van der Waals surface area contributed by atoms with Crippen LogP contribution in [0.25, 0.3) is 0 Å². The fourth-order valence-electron chi connectivity index (χ4n) is 4.52. The van der Waals surface area contributed by atoms with Crippen LogP contribution in [0.2, 0.25) is 5.02 Å². The third-order valence-electron chi connectivity index (χ3n) is 6.62. The van der Waals surface area contributed by atoms with Crippen molar-refractivity contribution in [2.24, 2.45) is 10.7 Å². The first kappa shape index (κ1) is 26.5. The van der Waals surface area contributed by atoms with Crippen molar-refractivity contribution in [3.63, 3.8) is 0 Å². The molecule has 6 N–H and O–H groups in total. The Morgan fingerprint density at radius 1 is 1.19 bits per heavy atom. The number of anilines is 1. The summed E-state index contributed by atoms with van der Waals surface area (Å²) >= 11 is 5.96. The van der Waals surface area contributed by atoms with Gasteiger partial charge < -0.3 is 31.7 Å². The molecule has 4 rings (SSSR count). The molecule has 2 aliphatic rings. The van der Waals surface area contributed by atoms with E-state index in [2.05, 4.69) is 25.8 Å². The maximum atomic E-state index is 13.3. The van der Waals surface area contributed by atoms with Crippen LogP contribution < -0.4 is 21.7 Å². The van der Waals surface area contributed by atoms with Crippen LogP contribution in [0.15, 0.2) is 47.5 Å². The van der Waals surface area contributed by atoms with E-state index in [1.54, 1.807) is 24.3 Å². The maximum Gasteiger partial charge on any atom is 0.257 e. The first-order valence-electron chi connectivity index (χ1n) is 11.8. The number of primary amides is 1. The fourth-order valence-corrected chi connectivity index (χ4v) is 4.78. The Morgan fingerprint density at radius 3 is 2.54 bits per heavy atom. The zero-order valence-electron chi connectivity index (χ0n) is 19.9. The second-order valence-electron chi connectivity index (χ2n) is 9.02. The topological polar surface area (TPSA) is 149 Å². The number of aliphatic imine (C=N–C) groups is 1. The number of rotatable bonds is 8. The number of hydrogen-bond donors (Lipinski definition) is 5. The van der Waals surface area contributed by atoms with Crippen LogP contribution >= 0.6 is 11.6 Å². The van der Waals surface area contributed by atoms with Gasteiger partial charge in [0.05, 0.1) is 23.0 Å². The molecule has 0 aliphatic carbocycles. The average Bonchev–Trinajstić information content (AvgIpc) is 3.32. The number of carbonyl (C=O) groups is 3. The lowest BCUT2D eigenvalue weighted by molar-refractivity contribution is -0.131. The number of piperidine rings is 1. The van der Waals surface area contributed by atoms with Crippen molar-refractivity contribution in [3.8, 4) is 0 Å². The van der Waals surface area contributed by atoms with Gasteiger partial charge in [-0.15, -0.1) is 0 Å². The second-order valence-corrected chi connectivity index (χ2v) is 9.42. The van der Waals surface area contributed by atoms with Crippen molar-refractivity contribution >= 4 is 41.3 Å². The molecule has 2 aromatic carbocycles. The summed E-state index contributed by atoms with van der Waals surface area (Å²) in [6.45, 7) is 2.47. The van der Waals surface area contributed by atoms with E-state index >= 15 is 0 Å². The highest BCUT2D eigenvalue weighted by molar-refractivity contribution is 6.34. The lowest BCUT2D eigenvalue weighted by Crippen LogP contribution is -2.60. The number of likely N-dealkylation sites (tertiary alicyclic amines) is 1. The number of aliphatic hydroxyl groups is 1. The summed E-state index contributed by atoms with van der Waals surface area (Å²) in [5.74, 6) is -2.34. The lowest BCUT2D eigenvalue weighted by atomic mass is 9.82. The molecule has 12 heteroatoms. The van der Waals surface area contributed by atoms with E-state index in [-0.39, 0.29) is 16.7 Å². The molecule has 196 valence electrons. The van der Waals surface area contributed by atoms with Gasteiger partial charge >= 0.3 is 0 Å². The van der Waals surface area contributed by atoms with Crippen LogP contribution in [0, 0.1) is 5.82 Å². The van der Waals surface area contributed by atoms with Gasteiger partial charge in [-0.25, -0.2) is 4.39 Å². The molecule has 1 saturated heterocycles. The fraction of sp³-hybridized carbons (Fsp3) is 0.360. The summed E-state index contributed by atoms with van der Waals surface area (Å²) in [5.41, 5.74) is 5.04. The predicted octanol–water partition coefficient (Wildman–Crippen LogP) is 0.985. The Balaban J connectivity index is 1.43. The smallest absolute Gasteiger partial charge is 0.257 e. The van der Waals surface area contributed by atoms with Gasteiger partial charge in [-0.3, -0.25) is 19.4 Å². The van der Waals surface area contributed by atoms with Gasteiger partial charge in [0.1, 0.15) is 5.82 Å². The molecule has 2 aromatic rings. The first-order valence-corrected chi connectivity index (χ1v) is 12.2. The van der Waals surface area contributed by atoms with E-state index in [1.807, 2.05) is 0 Å². The molecular weight excluding hydrogens is 503 g/mol. The lowest BCUT2D eigenvalue weighted by Gasteiger charge is -2.32. The van der Waals surface area contributed by atoms with Crippen LogP contribution in [0.3, 0.4) is 0 Å². The normalized spacial score (nSPS) is 21.9. The predicted molar refractivity (Wildman–Crippen MR) is 137 cm³/mol. The van der Waals surface area contributed by atoms with Crippen molar-refractivity contribution in [1.82, 2.24) is 15.5 Å². The molecule has 2 aliphatic heterocycles. The molecule has 0 bridgehead atoms. The van der Waals surface area contributed by atoms with E-state index in [4.69, 9.17) is 17.3 Å². The molecule has 3 amide bonds. The number of nitrogens with two attached hydrogens (primary N) is 1. The summed E-state index contributed by atoms with van der Waals surface area (Å²) in [6, 6.07) is 8.55. The van der Waals surface area contributed by atoms with Crippen molar-refractivity contribution in [2.75, 3.05) is 31.5 Å². The van der Waals surface area contributed by atoms with Gasteiger partial charge in [-0.05, 0) is 48.7 Å². The number of nitrogens with one attached hydrogen (secondary N) is 3. The van der Waals surface area contributed by atoms with Crippen molar-refractivity contribution in [2.45, 2.75) is 30.5 Å². The number of halogens is 2. The van der Waals surface area contributed by atoms with E-state index in [0.717, 1.165) is 25.2 Å². The Hall–Kier alpha value is -3.54. The summed E-state index contributed by atoms with van der Waals surface area (Å²) in [5, 5.41) is 17.9. The van der Waals surface area contributed by atoms with Crippen LogP contribution in [0.4, 0.5) is 10.1 Å². The molecular formula is C25H28ClFN6O4. The third-order valence-corrected chi connectivity index (χ3v) is 6.93. The van der Waals surface area contributed by atoms with E-state index in [1.165, 1.54) is 12.4 Å². The minimum atomic E-state index is -1.61. The standard InChI is InChI=1S/C25H28ClFN6O4/c26-20-13-16(27)3-6-19(20)22(35)32-17-4-1-15(2-5-17)25(24(28)37)21(30-14-31-25)23(36)29-9-12-33-10-7-18(34)8-11-33/h1-6,13-14,18,21,34H,7-12H2,(H2,28,37)(H,29,36)(H,30,31)(H,32,35). The first-order chi connectivity index (χ1) is 17.7. The number of aliphatic hydroxyl groups excluding tert-OH is 1. The SMILES string of the molecule is NC(=O)C1(c2ccc(NC(=O)c3ccc(F)cc3Cl)cc2)NC=NC1C(=O)NCCN1CCC(O)CC1. The van der Waals surface area contributed by atoms with Crippen LogP contribution in [-0.4, -0.2) is 72.4 Å². The number of benzene rings is 2. The van der Waals surface area contributed by atoms with Gasteiger partial charge in [-0.1, -0.05) is 23.7 Å². The maximum absolute atomic E-state index is 13.3. The van der Waals surface area contributed by atoms with Crippen LogP contribution in [0.1, 0.15) is 28.8 Å². The Kier molecular flexibility index (Phi) is 8.06. The monoisotopic (exact) mass is 530 g/mol. The van der Waals surface area contributed by atoms with Gasteiger partial charge in [0.2, 0.25) is 5.91 Å². The van der Waals surface area contributed by atoms with Crippen molar-refractivity contribution in [3.05, 3.63) is 64.4 Å². The molecule has 2 heterocycles. The highest BCUT2D eigenvalue weighted by Crippen LogP contribution is 2.31. The Labute approximate surface area is 218 Å². The highest BCUT2D eigenvalue weighted by Gasteiger charge is 2.52. The molecule has 1 fully saturated rings. The molecule has 0 saturated carbocycles. The zero-order chi connectivity index (χ0) is 26.6. The van der Waals surface area contributed by atoms with Crippen LogP contribution in [-0.2, 0) is 15.1 Å². The van der Waals surface area contributed by atoms with Gasteiger partial charge in [-0.2, -0.15) is 0 Å². The van der Waals surface area contributed by atoms with Crippen molar-refractivity contribution < 1.29 is 23.9 Å². The zero-order valence-corrected chi connectivity index (χ0v) is 20.7. The van der Waals surface area contributed by atoms with E-state index < -0.39 is 35.1 Å². The number of carbonyl (C=O) groups excluding carboxylic acids is 3. The summed E-state index contributed by atoms with van der Waals surface area (Å²) in [4.78, 5) is 44.6. The molecule has 0 spiro atoms. The van der Waals surface area contributed by atoms with E-state index in [0.29, 0.717) is 37.2 Å². The third kappa shape index (κ3) is 5.74. The summed E-state index contributed by atoms with van der Waals surface area (Å²) < 4.78 is 13.3. The molecule has 0 aromatic heterocycles. The molecule has 2 unspecified atom stereocenters. The summed E-state index contributed by atoms with van der Waals surface area (Å²) in [7, 11) is 0. The minimum Gasteiger partial charge on any atom is -0.393 e. The number of hydrogen-bond acceptors (Lipinski definition) is 7. The second kappa shape index (κ2) is 11.2. The Morgan fingerprint density at radius 2 is 1.89 bits per heavy atom. The quantitative estimate of drug-likeness (QED) is 0.343. The van der Waals surface area contributed by atoms with E-state index in [9.17, 15) is 23.9 Å².